The molecule has 0 radical (unpaired) electrons. The summed E-state index contributed by atoms with van der Waals surface area (Å²) >= 11 is 1.04. The molecule has 4 nitrogen and oxygen atoms in total. The zero-order valence-electron chi connectivity index (χ0n) is 10.9. The van der Waals surface area contributed by atoms with Crippen LogP contribution in [0.3, 0.4) is 0 Å². The largest absolute Gasteiger partial charge is 0.624 e. The molecular formula is C11H13F3N2O2S2. The van der Waals surface area contributed by atoms with Gasteiger partial charge < -0.3 is 5.21 Å². The van der Waals surface area contributed by atoms with E-state index in [2.05, 4.69) is 4.98 Å². The highest BCUT2D eigenvalue weighted by Crippen LogP contribution is 2.21. The van der Waals surface area contributed by atoms with Crippen molar-refractivity contribution in [2.75, 3.05) is 12.3 Å². The predicted octanol–water partition coefficient (Wildman–Crippen LogP) is 2.98. The minimum Gasteiger partial charge on any atom is -0.624 e. The summed E-state index contributed by atoms with van der Waals surface area (Å²) < 4.78 is 49.1. The van der Waals surface area contributed by atoms with Crippen LogP contribution in [0.25, 0.3) is 0 Å². The number of halogens is 3. The molecule has 0 bridgehead atoms. The Morgan fingerprint density at radius 3 is 2.70 bits per heavy atom. The summed E-state index contributed by atoms with van der Waals surface area (Å²) in [6, 6.07) is 0. The highest BCUT2D eigenvalue weighted by Gasteiger charge is 2.15. The molecule has 112 valence electrons. The Bertz CT molecular complexity index is 566. The van der Waals surface area contributed by atoms with Crippen molar-refractivity contribution in [1.29, 1.82) is 0 Å². The van der Waals surface area contributed by atoms with Gasteiger partial charge >= 0.3 is 6.08 Å². The molecule has 20 heavy (non-hydrogen) atoms. The zero-order chi connectivity index (χ0) is 15.3. The molecule has 1 atom stereocenters. The van der Waals surface area contributed by atoms with Crippen LogP contribution >= 0.6 is 11.3 Å². The third kappa shape index (κ3) is 4.71. The number of nitrogens with zero attached hydrogens (tertiary/aromatic N) is 2. The maximum absolute atomic E-state index is 12.6. The van der Waals surface area contributed by atoms with Gasteiger partial charge in [0.25, 0.3) is 0 Å². The Morgan fingerprint density at radius 2 is 2.15 bits per heavy atom. The molecule has 0 N–H and O–H groups in total. The Balaban J connectivity index is 2.81. The molecule has 0 aliphatic rings. The van der Waals surface area contributed by atoms with Gasteiger partial charge in [0.2, 0.25) is 0 Å². The minimum absolute atomic E-state index is 0.199. The highest BCUT2D eigenvalue weighted by molar-refractivity contribution is 7.87. The normalized spacial score (nSPS) is 13.3. The predicted molar refractivity (Wildman–Crippen MR) is 72.4 cm³/mol. The van der Waals surface area contributed by atoms with Crippen molar-refractivity contribution in [2.24, 2.45) is 0 Å². The van der Waals surface area contributed by atoms with Crippen molar-refractivity contribution in [2.45, 2.75) is 24.6 Å². The van der Waals surface area contributed by atoms with Gasteiger partial charge in [0, 0.05) is 12.2 Å². The molecule has 1 heterocycles. The SMILES string of the molecule is CC/[N+]([O-])=C/c1sc(S(=O)CCC(F)=C(F)F)nc1C. The fourth-order valence-corrected chi connectivity index (χ4v) is 3.59. The molecule has 0 saturated carbocycles. The first-order valence-electron chi connectivity index (χ1n) is 5.69. The van der Waals surface area contributed by atoms with Gasteiger partial charge in [-0.25, -0.2) is 14.1 Å². The quantitative estimate of drug-likeness (QED) is 0.349. The van der Waals surface area contributed by atoms with Crippen LogP contribution in [0.5, 0.6) is 0 Å². The summed E-state index contributed by atoms with van der Waals surface area (Å²) in [5.41, 5.74) is 0.528. The lowest BCUT2D eigenvalue weighted by molar-refractivity contribution is -0.447. The van der Waals surface area contributed by atoms with Crippen LogP contribution in [0.2, 0.25) is 0 Å². The van der Waals surface area contributed by atoms with Crippen molar-refractivity contribution >= 4 is 28.4 Å². The number of allylic oxidation sites excluding steroid dienone is 1. The number of hydrogen-bond acceptors (Lipinski definition) is 4. The molecule has 1 aromatic heterocycles. The maximum Gasteiger partial charge on any atom is 0.301 e. The van der Waals surface area contributed by atoms with Gasteiger partial charge in [-0.1, -0.05) is 11.3 Å². The second-order valence-corrected chi connectivity index (χ2v) is 6.53. The number of thiazole rings is 1. The van der Waals surface area contributed by atoms with Gasteiger partial charge in [-0.3, -0.25) is 4.21 Å². The lowest BCUT2D eigenvalue weighted by Gasteiger charge is -1.97. The van der Waals surface area contributed by atoms with Crippen molar-refractivity contribution < 1.29 is 22.1 Å². The van der Waals surface area contributed by atoms with Gasteiger partial charge in [-0.2, -0.15) is 8.78 Å². The first-order chi connectivity index (χ1) is 9.35. The third-order valence-corrected chi connectivity index (χ3v) is 5.04. The molecule has 0 spiro atoms. The van der Waals surface area contributed by atoms with Crippen LogP contribution < -0.4 is 0 Å². The molecule has 1 aromatic rings. The average Bonchev–Trinajstić information content (AvgIpc) is 2.76. The topological polar surface area (TPSA) is 56.0 Å². The minimum atomic E-state index is -2.39. The van der Waals surface area contributed by atoms with E-state index < -0.39 is 29.1 Å². The van der Waals surface area contributed by atoms with Gasteiger partial charge in [0.05, 0.1) is 16.5 Å². The first-order valence-corrected chi connectivity index (χ1v) is 7.82. The van der Waals surface area contributed by atoms with Crippen LogP contribution in [0.4, 0.5) is 13.2 Å². The van der Waals surface area contributed by atoms with E-state index >= 15 is 0 Å². The number of aromatic nitrogens is 1. The molecule has 0 aliphatic heterocycles. The van der Waals surface area contributed by atoms with Gasteiger partial charge in [0.1, 0.15) is 4.88 Å². The molecular weight excluding hydrogens is 313 g/mol. The van der Waals surface area contributed by atoms with Crippen LogP contribution in [-0.4, -0.2) is 32.4 Å². The summed E-state index contributed by atoms with van der Waals surface area (Å²) in [7, 11) is -1.67. The molecule has 9 heteroatoms. The molecule has 0 aromatic carbocycles. The molecule has 1 unspecified atom stereocenters. The zero-order valence-corrected chi connectivity index (χ0v) is 12.5. The van der Waals surface area contributed by atoms with Crippen LogP contribution in [0.1, 0.15) is 23.9 Å². The second-order valence-electron chi connectivity index (χ2n) is 3.76. The number of hydroxylamine groups is 1. The van der Waals surface area contributed by atoms with Crippen molar-refractivity contribution in [3.63, 3.8) is 0 Å². The third-order valence-electron chi connectivity index (χ3n) is 2.29. The van der Waals surface area contributed by atoms with E-state index in [1.54, 1.807) is 13.8 Å². The molecule has 0 amide bonds. The van der Waals surface area contributed by atoms with Gasteiger partial charge in [-0.15, -0.1) is 0 Å². The number of rotatable bonds is 6. The highest BCUT2D eigenvalue weighted by atomic mass is 32.2. The fraction of sp³-hybridized carbons (Fsp3) is 0.455. The Morgan fingerprint density at radius 1 is 1.50 bits per heavy atom. The van der Waals surface area contributed by atoms with E-state index in [1.165, 1.54) is 6.21 Å². The number of hydrogen-bond donors (Lipinski definition) is 0. The van der Waals surface area contributed by atoms with E-state index in [4.69, 9.17) is 0 Å². The molecule has 0 aliphatic carbocycles. The van der Waals surface area contributed by atoms with Gasteiger partial charge in [0.15, 0.2) is 22.9 Å². The smallest absolute Gasteiger partial charge is 0.301 e. The lowest BCUT2D eigenvalue weighted by Crippen LogP contribution is -2.03. The number of aryl methyl sites for hydroxylation is 1. The van der Waals surface area contributed by atoms with Crippen LogP contribution in [0, 0.1) is 12.1 Å². The monoisotopic (exact) mass is 326 g/mol. The summed E-state index contributed by atoms with van der Waals surface area (Å²) in [5.74, 6) is -1.83. The van der Waals surface area contributed by atoms with Crippen molar-refractivity contribution in [1.82, 2.24) is 4.98 Å². The Hall–Kier alpha value is -1.22. The Kier molecular flexibility index (Phi) is 6.34. The second kappa shape index (κ2) is 7.53. The van der Waals surface area contributed by atoms with Crippen LogP contribution in [0.15, 0.2) is 16.2 Å². The summed E-state index contributed by atoms with van der Waals surface area (Å²) in [5, 5.41) is 11.2. The molecule has 0 fully saturated rings. The van der Waals surface area contributed by atoms with Crippen molar-refractivity contribution in [3.8, 4) is 0 Å². The average molecular weight is 326 g/mol. The van der Waals surface area contributed by atoms with E-state index in [1.807, 2.05) is 0 Å². The Labute approximate surface area is 120 Å². The van der Waals surface area contributed by atoms with E-state index in [0.717, 1.165) is 11.3 Å². The molecule has 0 saturated heterocycles. The maximum atomic E-state index is 12.6. The molecule has 1 rings (SSSR count). The van der Waals surface area contributed by atoms with Crippen molar-refractivity contribution in [3.05, 3.63) is 27.7 Å². The lowest BCUT2D eigenvalue weighted by atomic mass is 10.4. The standard InChI is InChI=1S/C11H13F3N2O2S2/c1-3-16(17)6-9-7(2)15-11(19-9)20(18)5-4-8(12)10(13)14/h6H,3-5H2,1-2H3/b16-6-. The van der Waals surface area contributed by atoms with E-state index in [-0.39, 0.29) is 16.6 Å². The summed E-state index contributed by atoms with van der Waals surface area (Å²) in [4.78, 5) is 4.57. The van der Waals surface area contributed by atoms with Crippen LogP contribution in [-0.2, 0) is 10.8 Å². The first kappa shape index (κ1) is 16.8. The summed E-state index contributed by atoms with van der Waals surface area (Å²) in [6.07, 6.45) is -1.67. The van der Waals surface area contributed by atoms with E-state index in [0.29, 0.717) is 15.3 Å². The fourth-order valence-electron chi connectivity index (χ4n) is 1.19. The summed E-state index contributed by atoms with van der Waals surface area (Å²) in [6.45, 7) is 3.59. The van der Waals surface area contributed by atoms with E-state index in [9.17, 15) is 22.6 Å². The van der Waals surface area contributed by atoms with Gasteiger partial charge in [-0.05, 0) is 13.8 Å².